The number of pyridine rings is 1. The molecule has 0 amide bonds. The zero-order chi connectivity index (χ0) is 8.69. The van der Waals surface area contributed by atoms with Crippen molar-refractivity contribution < 1.29 is 4.74 Å². The molecule has 0 saturated carbocycles. The average Bonchev–Trinajstić information content (AvgIpc) is 2.08. The van der Waals surface area contributed by atoms with Gasteiger partial charge in [0.15, 0.2) is 0 Å². The molecule has 4 heteroatoms. The zero-order valence-electron chi connectivity index (χ0n) is 5.99. The molecule has 0 spiro atoms. The molecule has 0 N–H and O–H groups in total. The summed E-state index contributed by atoms with van der Waals surface area (Å²) in [6.07, 6.45) is 0. The topological polar surface area (TPSA) is 45.9 Å². The Morgan fingerprint density at radius 3 is 2.55 bits per heavy atom. The summed E-state index contributed by atoms with van der Waals surface area (Å²) in [6, 6.07) is 5.23. The van der Waals surface area contributed by atoms with Crippen molar-refractivity contribution in [2.75, 3.05) is 7.11 Å². The molecule has 0 aliphatic heterocycles. The van der Waals surface area contributed by atoms with Crippen molar-refractivity contribution in [2.45, 2.75) is 0 Å². The van der Waals surface area contributed by atoms with E-state index in [1.807, 2.05) is 0 Å². The molecule has 1 heterocycles. The number of hydrogen-bond acceptors (Lipinski definition) is 3. The van der Waals surface area contributed by atoms with Crippen LogP contribution < -0.4 is 4.74 Å². The second-order valence-electron chi connectivity index (χ2n) is 1.50. The number of nitriles is 1. The average molecular weight is 171 g/mol. The minimum absolute atomic E-state index is 0.453. The van der Waals surface area contributed by atoms with Gasteiger partial charge in [0.2, 0.25) is 5.88 Å². The third-order valence-electron chi connectivity index (χ3n) is 0.899. The van der Waals surface area contributed by atoms with Gasteiger partial charge in [-0.1, -0.05) is 17.7 Å². The van der Waals surface area contributed by atoms with Gasteiger partial charge in [-0.2, -0.15) is 0 Å². The van der Waals surface area contributed by atoms with Crippen LogP contribution in [0.25, 0.3) is 0 Å². The lowest BCUT2D eigenvalue weighted by molar-refractivity contribution is 0.398. The lowest BCUT2D eigenvalue weighted by Gasteiger charge is -1.95. The molecule has 0 radical (unpaired) electrons. The fraction of sp³-hybridized carbons (Fsp3) is 0.143. The molecule has 0 atom stereocenters. The van der Waals surface area contributed by atoms with Gasteiger partial charge in [0.05, 0.1) is 7.11 Å². The maximum absolute atomic E-state index is 6.50. The van der Waals surface area contributed by atoms with Crippen LogP contribution in [0.5, 0.6) is 5.88 Å². The third kappa shape index (κ3) is 3.43. The van der Waals surface area contributed by atoms with E-state index in [9.17, 15) is 0 Å². The molecule has 3 nitrogen and oxygen atoms in total. The maximum Gasteiger partial charge on any atom is 0.214 e. The Morgan fingerprint density at radius 1 is 1.55 bits per heavy atom. The van der Waals surface area contributed by atoms with E-state index >= 15 is 0 Å². The van der Waals surface area contributed by atoms with E-state index in [1.165, 1.54) is 0 Å². The van der Waals surface area contributed by atoms with E-state index in [1.54, 1.807) is 25.3 Å². The van der Waals surface area contributed by atoms with Gasteiger partial charge in [0.1, 0.15) is 5.15 Å². The van der Waals surface area contributed by atoms with Crippen molar-refractivity contribution in [2.24, 2.45) is 0 Å². The molecule has 0 fully saturated rings. The van der Waals surface area contributed by atoms with Gasteiger partial charge in [-0.3, -0.25) is 0 Å². The molecule has 0 aromatic carbocycles. The van der Waals surface area contributed by atoms with Gasteiger partial charge in [-0.15, -0.1) is 0 Å². The summed E-state index contributed by atoms with van der Waals surface area (Å²) >= 11 is 5.53. The number of nitrogens with zero attached hydrogens (tertiary/aromatic N) is 2. The Kier molecular flexibility index (Phi) is 4.87. The standard InChI is InChI=1S/C6H6ClNO.CHN/c1-9-6-4-2-3-5(7)8-6;1-2/h2-4H,1H3;1H. The van der Waals surface area contributed by atoms with Crippen molar-refractivity contribution in [3.8, 4) is 12.5 Å². The Bertz CT molecular complexity index is 237. The Morgan fingerprint density at radius 2 is 2.18 bits per heavy atom. The quantitative estimate of drug-likeness (QED) is 0.605. The fourth-order valence-electron chi connectivity index (χ4n) is 0.503. The number of ether oxygens (including phenoxy) is 1. The molecule has 11 heavy (non-hydrogen) atoms. The Labute approximate surface area is 70.2 Å². The van der Waals surface area contributed by atoms with E-state index in [-0.39, 0.29) is 0 Å². The molecule has 58 valence electrons. The molecule has 0 aliphatic rings. The molecule has 0 bridgehead atoms. The van der Waals surface area contributed by atoms with Crippen LogP contribution in [0.1, 0.15) is 0 Å². The van der Waals surface area contributed by atoms with E-state index in [4.69, 9.17) is 21.6 Å². The van der Waals surface area contributed by atoms with Crippen LogP contribution in [-0.4, -0.2) is 12.1 Å². The number of aromatic nitrogens is 1. The largest absolute Gasteiger partial charge is 0.481 e. The second-order valence-corrected chi connectivity index (χ2v) is 1.89. The zero-order valence-corrected chi connectivity index (χ0v) is 6.75. The molecule has 0 aliphatic carbocycles. The predicted octanol–water partition coefficient (Wildman–Crippen LogP) is 1.88. The first-order valence-electron chi connectivity index (χ1n) is 2.75. The summed E-state index contributed by atoms with van der Waals surface area (Å²) in [7, 11) is 1.55. The number of halogens is 1. The van der Waals surface area contributed by atoms with Crippen molar-refractivity contribution in [1.29, 1.82) is 5.26 Å². The number of rotatable bonds is 1. The molecular weight excluding hydrogens is 164 g/mol. The van der Waals surface area contributed by atoms with Crippen molar-refractivity contribution in [3.63, 3.8) is 0 Å². The van der Waals surface area contributed by atoms with Crippen molar-refractivity contribution in [3.05, 3.63) is 23.4 Å². The summed E-state index contributed by atoms with van der Waals surface area (Å²) in [6.45, 7) is 3.50. The summed E-state index contributed by atoms with van der Waals surface area (Å²) in [5.74, 6) is 0.544. The SMILES string of the molecule is C#N.COc1cccc(Cl)n1. The Balaban J connectivity index is 0.000000461. The van der Waals surface area contributed by atoms with Gasteiger partial charge < -0.3 is 4.74 Å². The molecule has 0 unspecified atom stereocenters. The first-order valence-corrected chi connectivity index (χ1v) is 3.13. The van der Waals surface area contributed by atoms with Gasteiger partial charge in [-0.05, 0) is 6.07 Å². The molecule has 1 aromatic heterocycles. The van der Waals surface area contributed by atoms with E-state index in [0.717, 1.165) is 0 Å². The summed E-state index contributed by atoms with van der Waals surface area (Å²) in [5.41, 5.74) is 0. The normalized spacial score (nSPS) is 7.64. The molecule has 1 rings (SSSR count). The minimum Gasteiger partial charge on any atom is -0.481 e. The van der Waals surface area contributed by atoms with Crippen LogP contribution in [0, 0.1) is 11.8 Å². The van der Waals surface area contributed by atoms with Crippen LogP contribution in [0.4, 0.5) is 0 Å². The van der Waals surface area contributed by atoms with Crippen molar-refractivity contribution >= 4 is 11.6 Å². The van der Waals surface area contributed by atoms with Gasteiger partial charge >= 0.3 is 0 Å². The summed E-state index contributed by atoms with van der Waals surface area (Å²) in [4.78, 5) is 3.83. The first-order chi connectivity index (χ1) is 5.33. The lowest BCUT2D eigenvalue weighted by atomic mass is 10.5. The maximum atomic E-state index is 6.50. The highest BCUT2D eigenvalue weighted by molar-refractivity contribution is 6.29. The highest BCUT2D eigenvalue weighted by Gasteiger charge is 1.90. The monoisotopic (exact) mass is 170 g/mol. The molecule has 1 aromatic rings. The third-order valence-corrected chi connectivity index (χ3v) is 1.11. The molecular formula is C7H7ClN2O. The highest BCUT2D eigenvalue weighted by Crippen LogP contribution is 2.09. The van der Waals surface area contributed by atoms with E-state index in [2.05, 4.69) is 11.6 Å². The van der Waals surface area contributed by atoms with Crippen LogP contribution in [0.2, 0.25) is 5.15 Å². The predicted molar refractivity (Wildman–Crippen MR) is 42.5 cm³/mol. The summed E-state index contributed by atoms with van der Waals surface area (Å²) < 4.78 is 4.80. The highest BCUT2D eigenvalue weighted by atomic mass is 35.5. The smallest absolute Gasteiger partial charge is 0.214 e. The fourth-order valence-corrected chi connectivity index (χ4v) is 0.659. The second kappa shape index (κ2) is 5.51. The van der Waals surface area contributed by atoms with E-state index < -0.39 is 0 Å². The van der Waals surface area contributed by atoms with Gasteiger partial charge in [0.25, 0.3) is 0 Å². The number of hydrogen-bond donors (Lipinski definition) is 0. The van der Waals surface area contributed by atoms with Crippen LogP contribution in [-0.2, 0) is 0 Å². The lowest BCUT2D eigenvalue weighted by Crippen LogP contribution is -1.85. The van der Waals surface area contributed by atoms with E-state index in [0.29, 0.717) is 11.0 Å². The first kappa shape index (κ1) is 9.73. The van der Waals surface area contributed by atoms with Gasteiger partial charge in [-0.25, -0.2) is 10.2 Å². The van der Waals surface area contributed by atoms with Crippen LogP contribution in [0.3, 0.4) is 0 Å². The Hall–Kier alpha value is -1.27. The summed E-state index contributed by atoms with van der Waals surface area (Å²) in [5, 5.41) is 6.95. The minimum atomic E-state index is 0.453. The van der Waals surface area contributed by atoms with Crippen LogP contribution >= 0.6 is 11.6 Å². The number of methoxy groups -OCH3 is 1. The van der Waals surface area contributed by atoms with Gasteiger partial charge in [0, 0.05) is 12.6 Å². The van der Waals surface area contributed by atoms with Crippen molar-refractivity contribution in [1.82, 2.24) is 4.98 Å². The van der Waals surface area contributed by atoms with Crippen LogP contribution in [0.15, 0.2) is 18.2 Å². The molecule has 0 saturated heterocycles.